The van der Waals surface area contributed by atoms with Crippen molar-refractivity contribution in [2.24, 2.45) is 0 Å². The quantitative estimate of drug-likeness (QED) is 0.629. The van der Waals surface area contributed by atoms with E-state index in [0.717, 1.165) is 0 Å². The van der Waals surface area contributed by atoms with Gasteiger partial charge in [-0.1, -0.05) is 6.08 Å². The Kier molecular flexibility index (Phi) is 3.73. The number of allylic oxidation sites excluding steroid dienone is 1. The maximum absolute atomic E-state index is 12.3. The van der Waals surface area contributed by atoms with Crippen LogP contribution in [0.25, 0.3) is 0 Å². The van der Waals surface area contributed by atoms with E-state index in [4.69, 9.17) is 4.74 Å². The van der Waals surface area contributed by atoms with Gasteiger partial charge in [-0.25, -0.2) is 9.78 Å². The van der Waals surface area contributed by atoms with E-state index in [1.165, 1.54) is 6.26 Å². The van der Waals surface area contributed by atoms with Crippen molar-refractivity contribution in [3.8, 4) is 5.88 Å². The van der Waals surface area contributed by atoms with Gasteiger partial charge in [0.15, 0.2) is 5.54 Å². The summed E-state index contributed by atoms with van der Waals surface area (Å²) >= 11 is 0. The predicted molar refractivity (Wildman–Crippen MR) is 80.7 cm³/mol. The molecule has 23 heavy (non-hydrogen) atoms. The minimum atomic E-state index is -1.40. The first-order chi connectivity index (χ1) is 11.1. The highest BCUT2D eigenvalue weighted by Gasteiger charge is 2.57. The van der Waals surface area contributed by atoms with E-state index in [9.17, 15) is 14.4 Å². The second-order valence-electron chi connectivity index (χ2n) is 5.29. The van der Waals surface area contributed by atoms with Crippen LogP contribution in [0.2, 0.25) is 0 Å². The average molecular weight is 316 g/mol. The summed E-state index contributed by atoms with van der Waals surface area (Å²) in [5.74, 6) is -0.788. The molecule has 120 valence electrons. The predicted octanol–water partition coefficient (Wildman–Crippen LogP) is 0.699. The molecule has 0 atom stereocenters. The zero-order valence-corrected chi connectivity index (χ0v) is 12.5. The van der Waals surface area contributed by atoms with Gasteiger partial charge in [-0.05, 0) is 25.8 Å². The third kappa shape index (κ3) is 2.41. The molecule has 1 aromatic rings. The Bertz CT molecular complexity index is 663. The molecular weight excluding hydrogens is 300 g/mol. The Morgan fingerprint density at radius 3 is 2.61 bits per heavy atom. The van der Waals surface area contributed by atoms with Crippen LogP contribution < -0.4 is 20.3 Å². The molecule has 2 saturated heterocycles. The average Bonchev–Trinajstić information content (AvgIpc) is 2.97. The highest BCUT2D eigenvalue weighted by atomic mass is 16.5. The van der Waals surface area contributed by atoms with Gasteiger partial charge in [0.2, 0.25) is 5.88 Å². The van der Waals surface area contributed by atoms with Gasteiger partial charge in [0.1, 0.15) is 0 Å². The molecule has 2 aliphatic heterocycles. The van der Waals surface area contributed by atoms with Crippen molar-refractivity contribution in [1.29, 1.82) is 0 Å². The number of carbonyl (C=O) groups excluding carboxylic acids is 3. The van der Waals surface area contributed by atoms with Gasteiger partial charge < -0.3 is 9.64 Å². The van der Waals surface area contributed by atoms with E-state index in [0.29, 0.717) is 31.0 Å². The summed E-state index contributed by atoms with van der Waals surface area (Å²) in [7, 11) is 0. The molecule has 8 heteroatoms. The van der Waals surface area contributed by atoms with Gasteiger partial charge in [0.25, 0.3) is 11.8 Å². The molecule has 0 aromatic carbocycles. The number of barbiturate groups is 1. The smallest absolute Gasteiger partial charge is 0.328 e. The van der Waals surface area contributed by atoms with E-state index in [1.54, 1.807) is 29.3 Å². The number of imide groups is 2. The first-order valence-corrected chi connectivity index (χ1v) is 7.26. The summed E-state index contributed by atoms with van der Waals surface area (Å²) in [4.78, 5) is 41.8. The highest BCUT2D eigenvalue weighted by molar-refractivity contribution is 6.24. The number of rotatable bonds is 3. The SMILES string of the molecule is C/C=C/Oc1ccc(N2CCCC23C(=O)NC(=O)NC3=O)cn1. The molecular formula is C15H16N4O4. The number of anilines is 1. The molecule has 4 amide bonds. The largest absolute Gasteiger partial charge is 0.447 e. The maximum Gasteiger partial charge on any atom is 0.328 e. The van der Waals surface area contributed by atoms with Crippen LogP contribution in [0.4, 0.5) is 10.5 Å². The molecule has 0 unspecified atom stereocenters. The number of hydrogen-bond acceptors (Lipinski definition) is 6. The molecule has 0 radical (unpaired) electrons. The Morgan fingerprint density at radius 2 is 2.00 bits per heavy atom. The van der Waals surface area contributed by atoms with Crippen LogP contribution in [0.15, 0.2) is 30.7 Å². The third-order valence-corrected chi connectivity index (χ3v) is 3.94. The summed E-state index contributed by atoms with van der Waals surface area (Å²) in [6.45, 7) is 2.34. The fourth-order valence-electron chi connectivity index (χ4n) is 2.93. The van der Waals surface area contributed by atoms with Gasteiger partial charge in [-0.15, -0.1) is 0 Å². The third-order valence-electron chi connectivity index (χ3n) is 3.94. The van der Waals surface area contributed by atoms with Crippen molar-refractivity contribution in [3.05, 3.63) is 30.7 Å². The topological polar surface area (TPSA) is 101 Å². The number of hydrogen-bond donors (Lipinski definition) is 2. The van der Waals surface area contributed by atoms with Crippen LogP contribution in [0.5, 0.6) is 5.88 Å². The fraction of sp³-hybridized carbons (Fsp3) is 0.333. The monoisotopic (exact) mass is 316 g/mol. The van der Waals surface area contributed by atoms with E-state index < -0.39 is 23.4 Å². The van der Waals surface area contributed by atoms with Gasteiger partial charge in [-0.3, -0.25) is 20.2 Å². The molecule has 8 nitrogen and oxygen atoms in total. The minimum Gasteiger partial charge on any atom is -0.447 e. The number of aromatic nitrogens is 1. The summed E-state index contributed by atoms with van der Waals surface area (Å²) < 4.78 is 5.25. The molecule has 3 rings (SSSR count). The van der Waals surface area contributed by atoms with Crippen LogP contribution in [0.3, 0.4) is 0 Å². The molecule has 2 fully saturated rings. The van der Waals surface area contributed by atoms with Crippen molar-refractivity contribution < 1.29 is 19.1 Å². The highest BCUT2D eigenvalue weighted by Crippen LogP contribution is 2.36. The molecule has 2 aliphatic rings. The van der Waals surface area contributed by atoms with Gasteiger partial charge in [0, 0.05) is 12.6 Å². The van der Waals surface area contributed by atoms with Crippen molar-refractivity contribution in [1.82, 2.24) is 15.6 Å². The Hall–Kier alpha value is -2.90. The van der Waals surface area contributed by atoms with E-state index in [-0.39, 0.29) is 0 Å². The number of carbonyl (C=O) groups is 3. The van der Waals surface area contributed by atoms with E-state index in [1.807, 2.05) is 6.92 Å². The van der Waals surface area contributed by atoms with Crippen LogP contribution in [0, 0.1) is 0 Å². The van der Waals surface area contributed by atoms with Crippen molar-refractivity contribution in [3.63, 3.8) is 0 Å². The molecule has 2 N–H and O–H groups in total. The molecule has 0 aliphatic carbocycles. The number of nitrogens with one attached hydrogen (secondary N) is 2. The second-order valence-corrected chi connectivity index (χ2v) is 5.29. The summed E-state index contributed by atoms with van der Waals surface area (Å²) in [5.41, 5.74) is -0.781. The van der Waals surface area contributed by atoms with Crippen LogP contribution in [-0.2, 0) is 9.59 Å². The van der Waals surface area contributed by atoms with E-state index >= 15 is 0 Å². The number of nitrogens with zero attached hydrogens (tertiary/aromatic N) is 2. The molecule has 1 spiro atoms. The van der Waals surface area contributed by atoms with E-state index in [2.05, 4.69) is 15.6 Å². The fourth-order valence-corrected chi connectivity index (χ4v) is 2.93. The maximum atomic E-state index is 12.3. The van der Waals surface area contributed by atoms with Crippen molar-refractivity contribution in [2.45, 2.75) is 25.3 Å². The lowest BCUT2D eigenvalue weighted by Crippen LogP contribution is -2.71. The molecule has 0 saturated carbocycles. The zero-order chi connectivity index (χ0) is 16.4. The number of urea groups is 1. The normalized spacial score (nSPS) is 20.0. The van der Waals surface area contributed by atoms with Crippen molar-refractivity contribution >= 4 is 23.5 Å². The Morgan fingerprint density at radius 1 is 1.26 bits per heavy atom. The number of amides is 4. The standard InChI is InChI=1S/C15H16N4O4/c1-2-8-23-11-5-4-10(9-16-11)19-7-3-6-15(19)12(20)17-14(22)18-13(15)21/h2,4-5,8-9H,3,6-7H2,1H3,(H2,17,18,20,21,22)/b8-2+. The van der Waals surface area contributed by atoms with Crippen molar-refractivity contribution in [2.75, 3.05) is 11.4 Å². The summed E-state index contributed by atoms with van der Waals surface area (Å²) in [5, 5.41) is 4.35. The molecule has 0 bridgehead atoms. The minimum absolute atomic E-state index is 0.342. The van der Waals surface area contributed by atoms with Gasteiger partial charge in [0.05, 0.1) is 18.1 Å². The van der Waals surface area contributed by atoms with Gasteiger partial charge in [-0.2, -0.15) is 0 Å². The molecule has 3 heterocycles. The lowest BCUT2D eigenvalue weighted by Gasteiger charge is -2.38. The van der Waals surface area contributed by atoms with Gasteiger partial charge >= 0.3 is 6.03 Å². The number of pyridine rings is 1. The van der Waals surface area contributed by atoms with Crippen LogP contribution >= 0.6 is 0 Å². The Balaban J connectivity index is 1.91. The summed E-state index contributed by atoms with van der Waals surface area (Å²) in [6, 6.07) is 2.60. The lowest BCUT2D eigenvalue weighted by atomic mass is 9.92. The van der Waals surface area contributed by atoms with Crippen LogP contribution in [-0.4, -0.2) is 34.9 Å². The first-order valence-electron chi connectivity index (χ1n) is 7.26. The Labute approximate surface area is 132 Å². The zero-order valence-electron chi connectivity index (χ0n) is 12.5. The summed E-state index contributed by atoms with van der Waals surface area (Å²) in [6.07, 6.45) is 5.79. The second kappa shape index (κ2) is 5.71. The first kappa shape index (κ1) is 15.0. The lowest BCUT2D eigenvalue weighted by molar-refractivity contribution is -0.137. The van der Waals surface area contributed by atoms with Crippen LogP contribution in [0.1, 0.15) is 19.8 Å². The molecule has 1 aromatic heterocycles. The number of ether oxygens (including phenoxy) is 1.